The van der Waals surface area contributed by atoms with Gasteiger partial charge in [-0.2, -0.15) is 5.26 Å². The van der Waals surface area contributed by atoms with Crippen LogP contribution in [-0.2, 0) is 4.79 Å². The van der Waals surface area contributed by atoms with E-state index in [0.717, 1.165) is 36.0 Å². The van der Waals surface area contributed by atoms with Crippen molar-refractivity contribution in [1.82, 2.24) is 25.3 Å². The highest BCUT2D eigenvalue weighted by molar-refractivity contribution is 6.30. The number of fused-ring (bicyclic) bond motifs is 1. The third-order valence-corrected chi connectivity index (χ3v) is 8.56. The van der Waals surface area contributed by atoms with Crippen LogP contribution in [0.3, 0.4) is 0 Å². The summed E-state index contributed by atoms with van der Waals surface area (Å²) in [4.78, 5) is 31.8. The normalized spacial score (nSPS) is 24.0. The standard InChI is InChI=1S/C28H28ClN7O3/c1-14-23(11-31-26(25(14)39-3)35-12-18-8-22(18)28(35)38)15(2)36-13-24(33-34-36)27(37)32-20-6-17(7-20)21-9-19(29)5-4-16(21)10-30/h4-5,9,11,13,15,17-18,20,22H,6-8,12H2,1-3H3,(H,32,37)/t15-,17?,18+,20?,22+/m0/s1. The molecule has 1 N–H and O–H groups in total. The van der Waals surface area contributed by atoms with Gasteiger partial charge in [-0.05, 0) is 68.7 Å². The molecule has 1 aromatic carbocycles. The van der Waals surface area contributed by atoms with Crippen molar-refractivity contribution < 1.29 is 14.3 Å². The van der Waals surface area contributed by atoms with E-state index in [0.29, 0.717) is 34.6 Å². The molecular formula is C28H28ClN7O3. The van der Waals surface area contributed by atoms with E-state index in [4.69, 9.17) is 16.3 Å². The molecule has 3 aliphatic rings. The average Bonchev–Trinajstić information content (AvgIpc) is 3.36. The number of nitrogens with one attached hydrogen (secondary N) is 1. The number of aromatic nitrogens is 4. The van der Waals surface area contributed by atoms with Crippen molar-refractivity contribution in [2.45, 2.75) is 51.1 Å². The number of methoxy groups -OCH3 is 1. The van der Waals surface area contributed by atoms with Gasteiger partial charge in [0.2, 0.25) is 5.91 Å². The Labute approximate surface area is 230 Å². The van der Waals surface area contributed by atoms with Crippen molar-refractivity contribution in [1.29, 1.82) is 5.26 Å². The lowest BCUT2D eigenvalue weighted by Gasteiger charge is -2.36. The molecule has 2 aliphatic carbocycles. The molecule has 2 amide bonds. The quantitative estimate of drug-likeness (QED) is 0.478. The molecule has 1 aliphatic heterocycles. The Morgan fingerprint density at radius 2 is 2.10 bits per heavy atom. The van der Waals surface area contributed by atoms with E-state index in [9.17, 15) is 14.9 Å². The molecule has 39 heavy (non-hydrogen) atoms. The number of ether oxygens (including phenoxy) is 1. The monoisotopic (exact) mass is 545 g/mol. The number of halogens is 1. The summed E-state index contributed by atoms with van der Waals surface area (Å²) in [5, 5.41) is 21.3. The van der Waals surface area contributed by atoms with Gasteiger partial charge in [0.15, 0.2) is 17.3 Å². The van der Waals surface area contributed by atoms with Crippen LogP contribution in [0, 0.1) is 30.1 Å². The molecular weight excluding hydrogens is 518 g/mol. The van der Waals surface area contributed by atoms with E-state index in [1.54, 1.807) is 41.2 Å². The Bertz CT molecular complexity index is 1520. The number of amides is 2. The summed E-state index contributed by atoms with van der Waals surface area (Å²) >= 11 is 6.13. The number of benzene rings is 1. The van der Waals surface area contributed by atoms with Crippen molar-refractivity contribution in [2.75, 3.05) is 18.6 Å². The maximum Gasteiger partial charge on any atom is 0.273 e. The van der Waals surface area contributed by atoms with Gasteiger partial charge < -0.3 is 10.1 Å². The predicted molar refractivity (Wildman–Crippen MR) is 143 cm³/mol. The number of carbonyl (C=O) groups excluding carboxylic acids is 2. The first-order chi connectivity index (χ1) is 18.8. The van der Waals surface area contributed by atoms with Crippen LogP contribution >= 0.6 is 11.6 Å². The molecule has 6 rings (SSSR count). The Morgan fingerprint density at radius 1 is 1.31 bits per heavy atom. The summed E-state index contributed by atoms with van der Waals surface area (Å²) in [6.07, 6.45) is 5.79. The third-order valence-electron chi connectivity index (χ3n) is 8.32. The summed E-state index contributed by atoms with van der Waals surface area (Å²) in [5.74, 6) is 1.69. The molecule has 200 valence electrons. The number of pyridine rings is 1. The fourth-order valence-corrected chi connectivity index (χ4v) is 6.03. The lowest BCUT2D eigenvalue weighted by atomic mass is 9.74. The van der Waals surface area contributed by atoms with Gasteiger partial charge in [0, 0.05) is 40.9 Å². The van der Waals surface area contributed by atoms with Crippen molar-refractivity contribution in [3.63, 3.8) is 0 Å². The van der Waals surface area contributed by atoms with Crippen LogP contribution in [0.1, 0.15) is 70.9 Å². The minimum absolute atomic E-state index is 0.0156. The molecule has 0 bridgehead atoms. The predicted octanol–water partition coefficient (Wildman–Crippen LogP) is 3.78. The van der Waals surface area contributed by atoms with E-state index in [-0.39, 0.29) is 41.4 Å². The first kappa shape index (κ1) is 25.3. The summed E-state index contributed by atoms with van der Waals surface area (Å²) in [7, 11) is 1.58. The van der Waals surface area contributed by atoms with Gasteiger partial charge in [-0.15, -0.1) is 5.10 Å². The first-order valence-corrected chi connectivity index (χ1v) is 13.4. The smallest absolute Gasteiger partial charge is 0.273 e. The molecule has 0 unspecified atom stereocenters. The van der Waals surface area contributed by atoms with Crippen molar-refractivity contribution in [2.24, 2.45) is 11.8 Å². The van der Waals surface area contributed by atoms with E-state index in [1.165, 1.54) is 0 Å². The second-order valence-electron chi connectivity index (χ2n) is 10.7. The molecule has 0 spiro atoms. The van der Waals surface area contributed by atoms with Gasteiger partial charge in [0.25, 0.3) is 5.91 Å². The number of carbonyl (C=O) groups is 2. The fraction of sp³-hybridized carbons (Fsp3) is 0.429. The van der Waals surface area contributed by atoms with Gasteiger partial charge in [-0.25, -0.2) is 9.67 Å². The molecule has 11 heteroatoms. The first-order valence-electron chi connectivity index (χ1n) is 13.1. The highest BCUT2D eigenvalue weighted by Gasteiger charge is 2.53. The second-order valence-corrected chi connectivity index (χ2v) is 11.1. The zero-order valence-corrected chi connectivity index (χ0v) is 22.6. The minimum atomic E-state index is -0.294. The largest absolute Gasteiger partial charge is 0.493 e. The summed E-state index contributed by atoms with van der Waals surface area (Å²) in [6.45, 7) is 4.57. The number of hydrogen-bond donors (Lipinski definition) is 1. The zero-order chi connectivity index (χ0) is 27.4. The molecule has 10 nitrogen and oxygen atoms in total. The van der Waals surface area contributed by atoms with E-state index in [2.05, 4.69) is 26.7 Å². The minimum Gasteiger partial charge on any atom is -0.493 e. The van der Waals surface area contributed by atoms with Crippen LogP contribution in [0.5, 0.6) is 5.75 Å². The molecule has 3 atom stereocenters. The number of nitriles is 1. The van der Waals surface area contributed by atoms with Crippen LogP contribution in [0.25, 0.3) is 0 Å². The second kappa shape index (κ2) is 9.65. The van der Waals surface area contributed by atoms with Gasteiger partial charge in [0.1, 0.15) is 0 Å². The molecule has 0 radical (unpaired) electrons. The van der Waals surface area contributed by atoms with E-state index in [1.807, 2.05) is 19.9 Å². The number of piperidine rings is 1. The summed E-state index contributed by atoms with van der Waals surface area (Å²) in [5.41, 5.74) is 3.49. The SMILES string of the molecule is COc1c(N2C[C@H]3C[C@H]3C2=O)ncc([C@H](C)n2cc(C(=O)NC3CC(c4cc(Cl)ccc4C#N)C3)nn2)c1C. The zero-order valence-electron chi connectivity index (χ0n) is 21.9. The number of anilines is 1. The Hall–Kier alpha value is -3.97. The summed E-state index contributed by atoms with van der Waals surface area (Å²) < 4.78 is 7.32. The van der Waals surface area contributed by atoms with Crippen molar-refractivity contribution >= 4 is 29.2 Å². The van der Waals surface area contributed by atoms with Crippen LogP contribution in [0.15, 0.2) is 30.6 Å². The van der Waals surface area contributed by atoms with E-state index < -0.39 is 0 Å². The average molecular weight is 546 g/mol. The molecule has 3 aromatic rings. The molecule has 3 heterocycles. The molecule has 1 saturated heterocycles. The molecule has 2 saturated carbocycles. The highest BCUT2D eigenvalue weighted by Crippen LogP contribution is 2.49. The summed E-state index contributed by atoms with van der Waals surface area (Å²) in [6, 6.07) is 7.21. The Balaban J connectivity index is 1.12. The van der Waals surface area contributed by atoms with Crippen LogP contribution in [-0.4, -0.2) is 51.5 Å². The molecule has 2 aromatic heterocycles. The molecule has 3 fully saturated rings. The maximum atomic E-state index is 12.9. The third kappa shape index (κ3) is 4.40. The van der Waals surface area contributed by atoms with Gasteiger partial charge >= 0.3 is 0 Å². The highest BCUT2D eigenvalue weighted by atomic mass is 35.5. The number of hydrogen-bond acceptors (Lipinski definition) is 7. The van der Waals surface area contributed by atoms with Crippen molar-refractivity contribution in [3.8, 4) is 11.8 Å². The van der Waals surface area contributed by atoms with Crippen LogP contribution in [0.4, 0.5) is 5.82 Å². The van der Waals surface area contributed by atoms with Gasteiger partial charge in [-0.1, -0.05) is 16.8 Å². The fourth-order valence-electron chi connectivity index (χ4n) is 5.84. The Kier molecular flexibility index (Phi) is 6.26. The lowest BCUT2D eigenvalue weighted by molar-refractivity contribution is -0.118. The number of rotatable bonds is 7. The van der Waals surface area contributed by atoms with E-state index >= 15 is 0 Å². The topological polar surface area (TPSA) is 126 Å². The maximum absolute atomic E-state index is 12.9. The number of nitrogens with zero attached hydrogens (tertiary/aromatic N) is 6. The Morgan fingerprint density at radius 3 is 2.79 bits per heavy atom. The van der Waals surface area contributed by atoms with Crippen LogP contribution < -0.4 is 15.0 Å². The van der Waals surface area contributed by atoms with Gasteiger partial charge in [-0.3, -0.25) is 14.5 Å². The lowest BCUT2D eigenvalue weighted by Crippen LogP contribution is -2.43. The van der Waals surface area contributed by atoms with Gasteiger partial charge in [0.05, 0.1) is 31.0 Å². The van der Waals surface area contributed by atoms with Crippen molar-refractivity contribution in [3.05, 3.63) is 63.6 Å². The van der Waals surface area contributed by atoms with Crippen LogP contribution in [0.2, 0.25) is 5.02 Å².